The molecule has 2 radical (unpaired) electrons. The van der Waals surface area contributed by atoms with Crippen molar-refractivity contribution in [1.82, 2.24) is 19.5 Å². The first-order valence-electron chi connectivity index (χ1n) is 4.88. The Bertz CT molecular complexity index is 695. The Labute approximate surface area is 111 Å². The number of hydrogen-bond acceptors (Lipinski definition) is 3. The van der Waals surface area contributed by atoms with Crippen molar-refractivity contribution in [3.8, 4) is 5.82 Å². The Morgan fingerprint density at radius 1 is 1.24 bits per heavy atom. The second-order valence-electron chi connectivity index (χ2n) is 3.49. The molecule has 3 aromatic rings. The zero-order valence-corrected chi connectivity index (χ0v) is 11.2. The van der Waals surface area contributed by atoms with Crippen molar-refractivity contribution < 1.29 is 0 Å². The molecule has 6 heteroatoms. The van der Waals surface area contributed by atoms with Crippen LogP contribution in [0.15, 0.2) is 36.9 Å². The van der Waals surface area contributed by atoms with Crippen LogP contribution in [0.1, 0.15) is 0 Å². The van der Waals surface area contributed by atoms with Crippen LogP contribution in [0.25, 0.3) is 16.9 Å². The molecule has 0 bridgehead atoms. The fourth-order valence-corrected chi connectivity index (χ4v) is 2.18. The van der Waals surface area contributed by atoms with Crippen LogP contribution in [0.2, 0.25) is 5.15 Å². The molecular formula is C11H6AsClN4. The minimum atomic E-state index is 0.368. The van der Waals surface area contributed by atoms with Crippen LogP contribution in [0.5, 0.6) is 0 Å². The Morgan fingerprint density at radius 2 is 2.12 bits per heavy atom. The van der Waals surface area contributed by atoms with E-state index < -0.39 is 0 Å². The van der Waals surface area contributed by atoms with E-state index in [9.17, 15) is 0 Å². The molecule has 0 saturated heterocycles. The Balaban J connectivity index is 2.27. The van der Waals surface area contributed by atoms with Gasteiger partial charge in [-0.25, -0.2) is 0 Å². The van der Waals surface area contributed by atoms with Gasteiger partial charge in [-0.3, -0.25) is 0 Å². The van der Waals surface area contributed by atoms with E-state index in [4.69, 9.17) is 11.6 Å². The van der Waals surface area contributed by atoms with Gasteiger partial charge in [-0.15, -0.1) is 0 Å². The molecule has 0 saturated carbocycles. The summed E-state index contributed by atoms with van der Waals surface area (Å²) in [6, 6.07) is 6.01. The summed E-state index contributed by atoms with van der Waals surface area (Å²) in [5.41, 5.74) is 1.90. The Hall–Kier alpha value is -1.38. The average molecular weight is 305 g/mol. The molecule has 0 aliphatic rings. The van der Waals surface area contributed by atoms with Crippen molar-refractivity contribution in [2.45, 2.75) is 0 Å². The Morgan fingerprint density at radius 3 is 2.94 bits per heavy atom. The Kier molecular flexibility index (Phi) is 2.61. The zero-order valence-electron chi connectivity index (χ0n) is 8.58. The number of benzene rings is 1. The molecule has 0 aliphatic carbocycles. The molecule has 0 unspecified atom stereocenters. The monoisotopic (exact) mass is 304 g/mol. The fourth-order valence-electron chi connectivity index (χ4n) is 1.63. The zero-order chi connectivity index (χ0) is 11.8. The van der Waals surface area contributed by atoms with Gasteiger partial charge in [0.15, 0.2) is 0 Å². The molecule has 1 aromatic carbocycles. The van der Waals surface area contributed by atoms with Gasteiger partial charge in [0.2, 0.25) is 0 Å². The van der Waals surface area contributed by atoms with Crippen molar-refractivity contribution in [2.75, 3.05) is 0 Å². The van der Waals surface area contributed by atoms with Crippen molar-refractivity contribution in [1.29, 1.82) is 0 Å². The van der Waals surface area contributed by atoms with E-state index in [2.05, 4.69) is 31.8 Å². The predicted octanol–water partition coefficient (Wildman–Crippen LogP) is 1.26. The summed E-state index contributed by atoms with van der Waals surface area (Å²) in [6.07, 6.45) is 4.88. The van der Waals surface area contributed by atoms with E-state index in [-0.39, 0.29) is 0 Å². The summed E-state index contributed by atoms with van der Waals surface area (Å²) in [6.45, 7) is 0. The van der Waals surface area contributed by atoms with Crippen LogP contribution in [-0.4, -0.2) is 36.4 Å². The second kappa shape index (κ2) is 4.13. The third-order valence-electron chi connectivity index (χ3n) is 2.37. The van der Waals surface area contributed by atoms with Gasteiger partial charge in [0.1, 0.15) is 0 Å². The van der Waals surface area contributed by atoms with Crippen molar-refractivity contribution >= 4 is 43.8 Å². The van der Waals surface area contributed by atoms with E-state index in [0.717, 1.165) is 15.4 Å². The van der Waals surface area contributed by atoms with Crippen molar-refractivity contribution in [3.63, 3.8) is 0 Å². The van der Waals surface area contributed by atoms with Gasteiger partial charge < -0.3 is 0 Å². The molecule has 0 fully saturated rings. The first kappa shape index (κ1) is 10.8. The van der Waals surface area contributed by atoms with E-state index in [1.807, 2.05) is 22.8 Å². The number of fused-ring (bicyclic) bond motifs is 1. The number of rotatable bonds is 1. The first-order chi connectivity index (χ1) is 8.24. The van der Waals surface area contributed by atoms with Gasteiger partial charge in [0.25, 0.3) is 0 Å². The third kappa shape index (κ3) is 1.94. The number of nitrogens with zero attached hydrogens (tertiary/aromatic N) is 4. The molecule has 0 atom stereocenters. The second-order valence-corrected chi connectivity index (χ2v) is 4.96. The summed E-state index contributed by atoms with van der Waals surface area (Å²) in [5.74, 6) is 0.665. The number of halogens is 1. The van der Waals surface area contributed by atoms with Gasteiger partial charge >= 0.3 is 111 Å². The van der Waals surface area contributed by atoms with Gasteiger partial charge in [0, 0.05) is 0 Å². The van der Waals surface area contributed by atoms with Crippen LogP contribution in [0, 0.1) is 0 Å². The number of hydrogen-bond donors (Lipinski definition) is 0. The van der Waals surface area contributed by atoms with Crippen LogP contribution < -0.4 is 4.35 Å². The summed E-state index contributed by atoms with van der Waals surface area (Å²) in [7, 11) is 0. The molecule has 2 heterocycles. The van der Waals surface area contributed by atoms with Gasteiger partial charge in [-0.1, -0.05) is 0 Å². The number of imidazole rings is 1. The summed E-state index contributed by atoms with van der Waals surface area (Å²) in [4.78, 5) is 12.5. The van der Waals surface area contributed by atoms with Crippen molar-refractivity contribution in [3.05, 3.63) is 42.1 Å². The molecule has 0 amide bonds. The molecule has 0 N–H and O–H groups in total. The molecule has 82 valence electrons. The van der Waals surface area contributed by atoms with E-state index in [1.165, 1.54) is 6.20 Å². The quantitative estimate of drug-likeness (QED) is 0.636. The van der Waals surface area contributed by atoms with Crippen molar-refractivity contribution in [2.24, 2.45) is 0 Å². The predicted molar refractivity (Wildman–Crippen MR) is 67.1 cm³/mol. The van der Waals surface area contributed by atoms with Crippen LogP contribution >= 0.6 is 11.6 Å². The van der Waals surface area contributed by atoms with Gasteiger partial charge in [-0.2, -0.15) is 0 Å². The van der Waals surface area contributed by atoms with Gasteiger partial charge in [-0.05, 0) is 0 Å². The minimum absolute atomic E-state index is 0.368. The van der Waals surface area contributed by atoms with Crippen LogP contribution in [-0.2, 0) is 0 Å². The van der Waals surface area contributed by atoms with Crippen LogP contribution in [0.3, 0.4) is 0 Å². The van der Waals surface area contributed by atoms with Gasteiger partial charge in [0.05, 0.1) is 0 Å². The third-order valence-corrected chi connectivity index (χ3v) is 3.14. The van der Waals surface area contributed by atoms with E-state index in [1.54, 1.807) is 12.5 Å². The number of aromatic nitrogens is 4. The standard InChI is InChI=1S/C11H6AsClN4/c12-7-1-2-8-9(3-7)17(6-15-8)11-5-14-4-10(13)16-11/h1-6H. The molecule has 17 heavy (non-hydrogen) atoms. The topological polar surface area (TPSA) is 43.6 Å². The van der Waals surface area contributed by atoms with E-state index >= 15 is 0 Å². The molecule has 4 nitrogen and oxygen atoms in total. The molecule has 2 aromatic heterocycles. The maximum absolute atomic E-state index is 5.83. The maximum atomic E-state index is 5.83. The molecule has 0 spiro atoms. The van der Waals surface area contributed by atoms with E-state index in [0.29, 0.717) is 11.0 Å². The first-order valence-corrected chi connectivity index (χ1v) is 6.20. The fraction of sp³-hybridized carbons (Fsp3) is 0. The summed E-state index contributed by atoms with van der Waals surface area (Å²) < 4.78 is 2.98. The molecule has 3 rings (SSSR count). The molecular weight excluding hydrogens is 299 g/mol. The van der Waals surface area contributed by atoms with Crippen LogP contribution in [0.4, 0.5) is 0 Å². The summed E-state index contributed by atoms with van der Waals surface area (Å²) >= 11 is 8.34. The molecule has 0 aliphatic heterocycles. The normalized spacial score (nSPS) is 10.9. The average Bonchev–Trinajstić information content (AvgIpc) is 2.71. The summed E-state index contributed by atoms with van der Waals surface area (Å²) in [5, 5.41) is 0.368. The SMILES string of the molecule is Clc1cncc(-n2cnc3ccc([As])cc32)n1.